The molecule has 0 aromatic carbocycles. The van der Waals surface area contributed by atoms with Crippen molar-refractivity contribution in [2.75, 3.05) is 26.2 Å². The standard InChI is InChI=1S/C15H30N2O2/c1-4-15(14(18)19,16-5-2)10-7-11-17(6-3)12-13-8-9-13/h13,16H,4-12H2,1-3H3,(H,18,19). The molecule has 0 heterocycles. The summed E-state index contributed by atoms with van der Waals surface area (Å²) in [6, 6.07) is 0. The van der Waals surface area contributed by atoms with Crippen LogP contribution >= 0.6 is 0 Å². The highest BCUT2D eigenvalue weighted by Gasteiger charge is 2.35. The van der Waals surface area contributed by atoms with E-state index in [0.717, 1.165) is 25.4 Å². The fraction of sp³-hybridized carbons (Fsp3) is 0.933. The largest absolute Gasteiger partial charge is 0.480 e. The van der Waals surface area contributed by atoms with Crippen LogP contribution in [0.15, 0.2) is 0 Å². The Morgan fingerprint density at radius 3 is 2.47 bits per heavy atom. The molecule has 1 rings (SSSR count). The number of nitrogens with zero attached hydrogens (tertiary/aromatic N) is 1. The van der Waals surface area contributed by atoms with Gasteiger partial charge < -0.3 is 15.3 Å². The number of carbonyl (C=O) groups is 1. The summed E-state index contributed by atoms with van der Waals surface area (Å²) in [4.78, 5) is 14.0. The third-order valence-electron chi connectivity index (χ3n) is 4.27. The van der Waals surface area contributed by atoms with E-state index < -0.39 is 11.5 Å². The number of carboxylic acids is 1. The van der Waals surface area contributed by atoms with E-state index in [2.05, 4.69) is 17.1 Å². The highest BCUT2D eigenvalue weighted by atomic mass is 16.4. The van der Waals surface area contributed by atoms with Crippen LogP contribution in [0.3, 0.4) is 0 Å². The molecule has 2 N–H and O–H groups in total. The van der Waals surface area contributed by atoms with Crippen LogP contribution in [-0.4, -0.2) is 47.7 Å². The summed E-state index contributed by atoms with van der Waals surface area (Å²) in [5, 5.41) is 12.6. The molecule has 4 nitrogen and oxygen atoms in total. The van der Waals surface area contributed by atoms with Crippen molar-refractivity contribution < 1.29 is 9.90 Å². The van der Waals surface area contributed by atoms with Crippen LogP contribution in [0.5, 0.6) is 0 Å². The lowest BCUT2D eigenvalue weighted by Crippen LogP contribution is -2.52. The molecule has 0 aliphatic heterocycles. The predicted octanol–water partition coefficient (Wildman–Crippen LogP) is 2.34. The van der Waals surface area contributed by atoms with Crippen molar-refractivity contribution in [1.29, 1.82) is 0 Å². The molecular formula is C15H30N2O2. The van der Waals surface area contributed by atoms with Gasteiger partial charge in [-0.3, -0.25) is 4.79 Å². The number of hydrogen-bond acceptors (Lipinski definition) is 3. The molecule has 0 aromatic rings. The maximum atomic E-state index is 11.5. The van der Waals surface area contributed by atoms with Crippen LogP contribution < -0.4 is 5.32 Å². The monoisotopic (exact) mass is 270 g/mol. The Balaban J connectivity index is 2.39. The number of likely N-dealkylation sites (N-methyl/N-ethyl adjacent to an activating group) is 1. The molecule has 0 saturated heterocycles. The lowest BCUT2D eigenvalue weighted by atomic mass is 9.90. The van der Waals surface area contributed by atoms with Crippen molar-refractivity contribution in [2.45, 2.75) is 58.4 Å². The van der Waals surface area contributed by atoms with Crippen LogP contribution in [0.4, 0.5) is 0 Å². The molecule has 1 unspecified atom stereocenters. The van der Waals surface area contributed by atoms with Gasteiger partial charge in [-0.2, -0.15) is 0 Å². The normalized spacial score (nSPS) is 18.5. The summed E-state index contributed by atoms with van der Waals surface area (Å²) in [7, 11) is 0. The number of nitrogens with one attached hydrogen (secondary N) is 1. The molecule has 0 amide bonds. The van der Waals surface area contributed by atoms with Crippen molar-refractivity contribution in [3.63, 3.8) is 0 Å². The molecule has 0 spiro atoms. The minimum atomic E-state index is -0.728. The second kappa shape index (κ2) is 7.85. The first-order valence-corrected chi connectivity index (χ1v) is 7.78. The fourth-order valence-corrected chi connectivity index (χ4v) is 2.71. The van der Waals surface area contributed by atoms with E-state index >= 15 is 0 Å². The maximum Gasteiger partial charge on any atom is 0.323 e. The van der Waals surface area contributed by atoms with Crippen LogP contribution in [0.2, 0.25) is 0 Å². The maximum absolute atomic E-state index is 11.5. The Kier molecular flexibility index (Phi) is 6.80. The van der Waals surface area contributed by atoms with Crippen molar-refractivity contribution >= 4 is 5.97 Å². The second-order valence-electron chi connectivity index (χ2n) is 5.71. The third kappa shape index (κ3) is 5.11. The average molecular weight is 270 g/mol. The average Bonchev–Trinajstić information content (AvgIpc) is 3.20. The number of carboxylic acid groups (broad SMARTS) is 1. The van der Waals surface area contributed by atoms with Gasteiger partial charge >= 0.3 is 5.97 Å². The first-order chi connectivity index (χ1) is 9.07. The summed E-state index contributed by atoms with van der Waals surface area (Å²) in [5.74, 6) is 0.200. The summed E-state index contributed by atoms with van der Waals surface area (Å²) in [5.41, 5.74) is -0.728. The van der Waals surface area contributed by atoms with Crippen molar-refractivity contribution in [3.8, 4) is 0 Å². The predicted molar refractivity (Wildman–Crippen MR) is 78.4 cm³/mol. The van der Waals surface area contributed by atoms with Gasteiger partial charge in [-0.25, -0.2) is 0 Å². The molecule has 1 atom stereocenters. The SMILES string of the molecule is CCNC(CC)(CCCN(CC)CC1CC1)C(=O)O. The van der Waals surface area contributed by atoms with E-state index in [1.807, 2.05) is 13.8 Å². The summed E-state index contributed by atoms with van der Waals surface area (Å²) in [6.07, 6.45) is 5.07. The van der Waals surface area contributed by atoms with E-state index in [-0.39, 0.29) is 0 Å². The molecule has 1 fully saturated rings. The number of rotatable bonds is 11. The van der Waals surface area contributed by atoms with Gasteiger partial charge in [0.1, 0.15) is 5.54 Å². The summed E-state index contributed by atoms with van der Waals surface area (Å²) >= 11 is 0. The Bertz CT molecular complexity index is 279. The lowest BCUT2D eigenvalue weighted by Gasteiger charge is -2.30. The molecule has 1 aliphatic rings. The van der Waals surface area contributed by atoms with Gasteiger partial charge in [-0.05, 0) is 57.7 Å². The van der Waals surface area contributed by atoms with E-state index in [0.29, 0.717) is 19.4 Å². The highest BCUT2D eigenvalue weighted by Crippen LogP contribution is 2.29. The molecular weight excluding hydrogens is 240 g/mol. The van der Waals surface area contributed by atoms with E-state index in [4.69, 9.17) is 0 Å². The Morgan fingerprint density at radius 2 is 2.05 bits per heavy atom. The van der Waals surface area contributed by atoms with Crippen molar-refractivity contribution in [1.82, 2.24) is 10.2 Å². The zero-order valence-electron chi connectivity index (χ0n) is 12.7. The van der Waals surface area contributed by atoms with Crippen molar-refractivity contribution in [2.24, 2.45) is 5.92 Å². The van der Waals surface area contributed by atoms with Crippen LogP contribution in [0.1, 0.15) is 52.9 Å². The van der Waals surface area contributed by atoms with E-state index in [1.165, 1.54) is 19.4 Å². The van der Waals surface area contributed by atoms with Gasteiger partial charge in [0.25, 0.3) is 0 Å². The zero-order chi connectivity index (χ0) is 14.3. The second-order valence-corrected chi connectivity index (χ2v) is 5.71. The smallest absolute Gasteiger partial charge is 0.323 e. The molecule has 0 aromatic heterocycles. The van der Waals surface area contributed by atoms with Gasteiger partial charge in [-0.15, -0.1) is 0 Å². The Morgan fingerprint density at radius 1 is 1.37 bits per heavy atom. The van der Waals surface area contributed by atoms with E-state index in [9.17, 15) is 9.90 Å². The fourth-order valence-electron chi connectivity index (χ4n) is 2.71. The molecule has 112 valence electrons. The highest BCUT2D eigenvalue weighted by molar-refractivity contribution is 5.78. The zero-order valence-corrected chi connectivity index (χ0v) is 12.7. The Hall–Kier alpha value is -0.610. The summed E-state index contributed by atoms with van der Waals surface area (Å²) < 4.78 is 0. The van der Waals surface area contributed by atoms with E-state index in [1.54, 1.807) is 0 Å². The molecule has 0 radical (unpaired) electrons. The van der Waals surface area contributed by atoms with Crippen molar-refractivity contribution in [3.05, 3.63) is 0 Å². The minimum absolute atomic E-state index is 0.644. The van der Waals surface area contributed by atoms with Gasteiger partial charge in [0, 0.05) is 6.54 Å². The molecule has 1 aliphatic carbocycles. The topological polar surface area (TPSA) is 52.6 Å². The van der Waals surface area contributed by atoms with Gasteiger partial charge in [0.2, 0.25) is 0 Å². The molecule has 0 bridgehead atoms. The summed E-state index contributed by atoms with van der Waals surface area (Å²) in [6.45, 7) is 10.1. The quantitative estimate of drug-likeness (QED) is 0.605. The molecule has 19 heavy (non-hydrogen) atoms. The van der Waals surface area contributed by atoms with Gasteiger partial charge in [-0.1, -0.05) is 20.8 Å². The van der Waals surface area contributed by atoms with Gasteiger partial charge in [0.15, 0.2) is 0 Å². The first kappa shape index (κ1) is 16.4. The lowest BCUT2D eigenvalue weighted by molar-refractivity contribution is -0.145. The van der Waals surface area contributed by atoms with Crippen LogP contribution in [0, 0.1) is 5.92 Å². The minimum Gasteiger partial charge on any atom is -0.480 e. The number of hydrogen-bond donors (Lipinski definition) is 2. The van der Waals surface area contributed by atoms with Crippen LogP contribution in [0.25, 0.3) is 0 Å². The third-order valence-corrected chi connectivity index (χ3v) is 4.27. The Labute approximate surface area is 117 Å². The molecule has 1 saturated carbocycles. The van der Waals surface area contributed by atoms with Gasteiger partial charge in [0.05, 0.1) is 0 Å². The number of aliphatic carboxylic acids is 1. The first-order valence-electron chi connectivity index (χ1n) is 7.78. The van der Waals surface area contributed by atoms with Crippen LogP contribution in [-0.2, 0) is 4.79 Å². The molecule has 4 heteroatoms.